The van der Waals surface area contributed by atoms with E-state index >= 15 is 0 Å². The lowest BCUT2D eigenvalue weighted by molar-refractivity contribution is -0.274. The highest BCUT2D eigenvalue weighted by atomic mass is 19.4. The summed E-state index contributed by atoms with van der Waals surface area (Å²) in [4.78, 5) is 14.8. The molecule has 5 nitrogen and oxygen atoms in total. The smallest absolute Gasteiger partial charge is 0.462 e. The average molecular weight is 250 g/mol. The van der Waals surface area contributed by atoms with Crippen molar-refractivity contribution in [1.82, 2.24) is 4.98 Å². The second-order valence-corrected chi connectivity index (χ2v) is 2.84. The molecule has 2 N–H and O–H groups in total. The van der Waals surface area contributed by atoms with E-state index in [-0.39, 0.29) is 6.61 Å². The highest BCUT2D eigenvalue weighted by Crippen LogP contribution is 2.30. The Labute approximate surface area is 94.3 Å². The summed E-state index contributed by atoms with van der Waals surface area (Å²) in [5.74, 6) is -2.34. The van der Waals surface area contributed by atoms with E-state index in [1.54, 1.807) is 0 Å². The Kier molecular flexibility index (Phi) is 3.77. The highest BCUT2D eigenvalue weighted by molar-refractivity contribution is 5.94. The van der Waals surface area contributed by atoms with Crippen LogP contribution in [0.5, 0.6) is 5.75 Å². The van der Waals surface area contributed by atoms with Crippen molar-refractivity contribution in [3.05, 3.63) is 17.8 Å². The number of nitrogens with zero attached hydrogens (tertiary/aromatic N) is 1. The predicted octanol–water partition coefficient (Wildman–Crippen LogP) is 1.74. The Morgan fingerprint density at radius 3 is 2.71 bits per heavy atom. The van der Waals surface area contributed by atoms with Crippen LogP contribution in [0.3, 0.4) is 0 Å². The zero-order valence-corrected chi connectivity index (χ0v) is 8.75. The van der Waals surface area contributed by atoms with Crippen molar-refractivity contribution < 1.29 is 27.4 Å². The van der Waals surface area contributed by atoms with E-state index in [1.165, 1.54) is 6.92 Å². The van der Waals surface area contributed by atoms with Gasteiger partial charge < -0.3 is 15.2 Å². The van der Waals surface area contributed by atoms with Crippen molar-refractivity contribution in [2.45, 2.75) is 13.3 Å². The van der Waals surface area contributed by atoms with Crippen molar-refractivity contribution in [2.75, 3.05) is 12.3 Å². The largest absolute Gasteiger partial charge is 0.573 e. The number of nitrogen functional groups attached to an aromatic ring is 1. The molecule has 0 saturated carbocycles. The van der Waals surface area contributed by atoms with Gasteiger partial charge >= 0.3 is 12.3 Å². The molecule has 17 heavy (non-hydrogen) atoms. The highest BCUT2D eigenvalue weighted by Gasteiger charge is 2.34. The van der Waals surface area contributed by atoms with Crippen LogP contribution >= 0.6 is 0 Å². The molecule has 1 rings (SSSR count). The van der Waals surface area contributed by atoms with Gasteiger partial charge in [0.25, 0.3) is 0 Å². The van der Waals surface area contributed by atoms with Crippen LogP contribution in [0.4, 0.5) is 19.0 Å². The number of anilines is 1. The molecule has 0 aliphatic carbocycles. The number of alkyl halides is 3. The van der Waals surface area contributed by atoms with Gasteiger partial charge in [-0.1, -0.05) is 0 Å². The van der Waals surface area contributed by atoms with Gasteiger partial charge in [0.2, 0.25) is 0 Å². The first-order valence-electron chi connectivity index (χ1n) is 4.52. The maximum atomic E-state index is 12.1. The first-order valence-corrected chi connectivity index (χ1v) is 4.52. The average Bonchev–Trinajstić information content (AvgIpc) is 2.19. The summed E-state index contributed by atoms with van der Waals surface area (Å²) in [5.41, 5.74) is 4.80. The molecule has 0 fully saturated rings. The van der Waals surface area contributed by atoms with E-state index in [4.69, 9.17) is 5.73 Å². The zero-order chi connectivity index (χ0) is 13.1. The fourth-order valence-electron chi connectivity index (χ4n) is 1.06. The third kappa shape index (κ3) is 3.51. The summed E-state index contributed by atoms with van der Waals surface area (Å²) < 4.78 is 44.5. The Hall–Kier alpha value is -1.99. The van der Waals surface area contributed by atoms with Crippen molar-refractivity contribution >= 4 is 11.8 Å². The summed E-state index contributed by atoms with van der Waals surface area (Å²) in [6.45, 7) is 1.54. The van der Waals surface area contributed by atoms with Crippen LogP contribution < -0.4 is 10.5 Å². The van der Waals surface area contributed by atoms with Crippen molar-refractivity contribution in [3.63, 3.8) is 0 Å². The van der Waals surface area contributed by atoms with Crippen molar-refractivity contribution in [1.29, 1.82) is 0 Å². The molecule has 0 saturated heterocycles. The fourth-order valence-corrected chi connectivity index (χ4v) is 1.06. The molecular weight excluding hydrogens is 241 g/mol. The van der Waals surface area contributed by atoms with E-state index in [2.05, 4.69) is 14.5 Å². The van der Waals surface area contributed by atoms with Crippen molar-refractivity contribution in [3.8, 4) is 5.75 Å². The fraction of sp³-hybridized carbons (Fsp3) is 0.333. The molecule has 0 unspecified atom stereocenters. The Morgan fingerprint density at radius 1 is 1.53 bits per heavy atom. The second-order valence-electron chi connectivity index (χ2n) is 2.84. The van der Waals surface area contributed by atoms with Gasteiger partial charge in [0.1, 0.15) is 5.56 Å². The van der Waals surface area contributed by atoms with Crippen molar-refractivity contribution in [2.24, 2.45) is 0 Å². The van der Waals surface area contributed by atoms with Gasteiger partial charge in [-0.25, -0.2) is 9.78 Å². The van der Waals surface area contributed by atoms with Gasteiger partial charge in [0.05, 0.1) is 6.61 Å². The lowest BCUT2D eigenvalue weighted by atomic mass is 10.2. The summed E-state index contributed by atoms with van der Waals surface area (Å²) in [6, 6.07) is 1.04. The number of aromatic nitrogens is 1. The Morgan fingerprint density at radius 2 is 2.18 bits per heavy atom. The molecule has 0 aliphatic rings. The number of halogens is 3. The third-order valence-corrected chi connectivity index (χ3v) is 1.65. The minimum Gasteiger partial charge on any atom is -0.462 e. The molecule has 94 valence electrons. The van der Waals surface area contributed by atoms with Crippen LogP contribution in [-0.4, -0.2) is 23.9 Å². The van der Waals surface area contributed by atoms with Gasteiger partial charge in [-0.2, -0.15) is 0 Å². The predicted molar refractivity (Wildman–Crippen MR) is 51.3 cm³/mol. The van der Waals surface area contributed by atoms with Gasteiger partial charge in [0.15, 0.2) is 11.6 Å². The second kappa shape index (κ2) is 4.89. The number of nitrogens with two attached hydrogens (primary N) is 1. The number of carbonyl (C=O) groups is 1. The van der Waals surface area contributed by atoms with E-state index in [1.807, 2.05) is 0 Å². The van der Waals surface area contributed by atoms with E-state index in [0.717, 1.165) is 12.3 Å². The van der Waals surface area contributed by atoms with Gasteiger partial charge in [0, 0.05) is 6.20 Å². The maximum absolute atomic E-state index is 12.1. The monoisotopic (exact) mass is 250 g/mol. The molecule has 0 bridgehead atoms. The topological polar surface area (TPSA) is 74.4 Å². The summed E-state index contributed by atoms with van der Waals surface area (Å²) in [7, 11) is 0. The molecule has 0 amide bonds. The van der Waals surface area contributed by atoms with E-state index < -0.39 is 29.5 Å². The normalized spacial score (nSPS) is 11.1. The van der Waals surface area contributed by atoms with Crippen LogP contribution in [0.15, 0.2) is 12.3 Å². The van der Waals surface area contributed by atoms with Crippen LogP contribution in [0.25, 0.3) is 0 Å². The SMILES string of the molecule is CCOC(=O)c1ccnc(N)c1OC(F)(F)F. The zero-order valence-electron chi connectivity index (χ0n) is 8.75. The first-order chi connectivity index (χ1) is 7.85. The molecule has 1 heterocycles. The number of rotatable bonds is 3. The number of ether oxygens (including phenoxy) is 2. The molecule has 0 atom stereocenters. The number of carbonyl (C=O) groups excluding carboxylic acids is 1. The minimum atomic E-state index is -4.96. The van der Waals surface area contributed by atoms with Gasteiger partial charge in [-0.15, -0.1) is 13.2 Å². The molecule has 0 aliphatic heterocycles. The lowest BCUT2D eigenvalue weighted by Crippen LogP contribution is -2.21. The Balaban J connectivity index is 3.13. The molecular formula is C9H9F3N2O3. The number of hydrogen-bond donors (Lipinski definition) is 1. The van der Waals surface area contributed by atoms with Crippen LogP contribution in [0.2, 0.25) is 0 Å². The number of pyridine rings is 1. The van der Waals surface area contributed by atoms with Gasteiger partial charge in [-0.3, -0.25) is 0 Å². The quantitative estimate of drug-likeness (QED) is 0.827. The summed E-state index contributed by atoms with van der Waals surface area (Å²) >= 11 is 0. The summed E-state index contributed by atoms with van der Waals surface area (Å²) in [5, 5.41) is 0. The number of hydrogen-bond acceptors (Lipinski definition) is 5. The molecule has 8 heteroatoms. The molecule has 0 spiro atoms. The maximum Gasteiger partial charge on any atom is 0.573 e. The summed E-state index contributed by atoms with van der Waals surface area (Å²) in [6.07, 6.45) is -3.87. The standard InChI is InChI=1S/C9H9F3N2O3/c1-2-16-8(15)5-3-4-14-7(13)6(5)17-9(10,11)12/h3-4H,2H2,1H3,(H2,13,14). The minimum absolute atomic E-state index is 0.0204. The van der Waals surface area contributed by atoms with Crippen LogP contribution in [-0.2, 0) is 4.74 Å². The Bertz CT molecular complexity index is 420. The molecule has 1 aromatic rings. The molecule has 1 aromatic heterocycles. The lowest BCUT2D eigenvalue weighted by Gasteiger charge is -2.13. The molecule has 0 aromatic carbocycles. The molecule has 0 radical (unpaired) electrons. The van der Waals surface area contributed by atoms with E-state index in [0.29, 0.717) is 0 Å². The number of esters is 1. The van der Waals surface area contributed by atoms with E-state index in [9.17, 15) is 18.0 Å². The van der Waals surface area contributed by atoms with Gasteiger partial charge in [-0.05, 0) is 13.0 Å². The first kappa shape index (κ1) is 13.1. The third-order valence-electron chi connectivity index (χ3n) is 1.65. The van der Waals surface area contributed by atoms with Crippen LogP contribution in [0.1, 0.15) is 17.3 Å². The van der Waals surface area contributed by atoms with Crippen LogP contribution in [0, 0.1) is 0 Å².